The highest BCUT2D eigenvalue weighted by Gasteiger charge is 2.20. The van der Waals surface area contributed by atoms with Gasteiger partial charge in [0.15, 0.2) is 0 Å². The number of hydrogen-bond donors (Lipinski definition) is 3. The first kappa shape index (κ1) is 25.0. The third-order valence-electron chi connectivity index (χ3n) is 6.98. The summed E-state index contributed by atoms with van der Waals surface area (Å²) in [6, 6.07) is 15.5. The lowest BCUT2D eigenvalue weighted by molar-refractivity contribution is 0.399. The zero-order chi connectivity index (χ0) is 24.8. The van der Waals surface area contributed by atoms with Gasteiger partial charge in [0.1, 0.15) is 17.3 Å². The maximum absolute atomic E-state index is 15.3. The van der Waals surface area contributed by atoms with E-state index in [9.17, 15) is 5.11 Å². The molecule has 1 atom stereocenters. The van der Waals surface area contributed by atoms with Crippen LogP contribution in [-0.4, -0.2) is 31.9 Å². The second-order valence-corrected chi connectivity index (χ2v) is 9.12. The summed E-state index contributed by atoms with van der Waals surface area (Å²) in [4.78, 5) is 0. The van der Waals surface area contributed by atoms with Crippen LogP contribution in [0.3, 0.4) is 0 Å². The number of ether oxygens (including phenoxy) is 1. The summed E-state index contributed by atoms with van der Waals surface area (Å²) < 4.78 is 20.9. The van der Waals surface area contributed by atoms with Crippen molar-refractivity contribution in [2.45, 2.75) is 44.7 Å². The lowest BCUT2D eigenvalue weighted by atomic mass is 9.92. The molecule has 4 nitrogen and oxygen atoms in total. The predicted octanol–water partition coefficient (Wildman–Crippen LogP) is 6.01. The predicted molar refractivity (Wildman–Crippen MR) is 141 cm³/mol. The number of aryl methyl sites for hydroxylation is 1. The summed E-state index contributed by atoms with van der Waals surface area (Å²) in [5.41, 5.74) is 6.15. The summed E-state index contributed by atoms with van der Waals surface area (Å²) in [5, 5.41) is 17.9. The number of halogens is 1. The van der Waals surface area contributed by atoms with Crippen molar-refractivity contribution in [2.24, 2.45) is 0 Å². The molecule has 5 heteroatoms. The Bertz CT molecular complexity index is 1190. The zero-order valence-corrected chi connectivity index (χ0v) is 20.7. The van der Waals surface area contributed by atoms with E-state index < -0.39 is 0 Å². The fraction of sp³-hybridized carbons (Fsp3) is 0.333. The van der Waals surface area contributed by atoms with Crippen LogP contribution in [0.2, 0.25) is 0 Å². The highest BCUT2D eigenvalue weighted by molar-refractivity contribution is 5.84. The number of hydrogen-bond acceptors (Lipinski definition) is 4. The first-order chi connectivity index (χ1) is 17.1. The van der Waals surface area contributed by atoms with Crippen LogP contribution in [0.4, 0.5) is 4.39 Å². The van der Waals surface area contributed by atoms with Gasteiger partial charge in [-0.2, -0.15) is 0 Å². The normalized spacial score (nSPS) is 13.5. The van der Waals surface area contributed by atoms with Gasteiger partial charge in [0, 0.05) is 35.8 Å². The molecule has 0 aromatic heterocycles. The number of benzene rings is 3. The number of phenolic OH excluding ortho intramolecular Hbond substituents is 1. The van der Waals surface area contributed by atoms with Gasteiger partial charge in [-0.3, -0.25) is 0 Å². The monoisotopic (exact) mass is 474 g/mol. The minimum absolute atomic E-state index is 0.166. The summed E-state index contributed by atoms with van der Waals surface area (Å²) in [7, 11) is 3.47. The highest BCUT2D eigenvalue weighted by Crippen LogP contribution is 2.42. The van der Waals surface area contributed by atoms with E-state index in [1.54, 1.807) is 7.11 Å². The van der Waals surface area contributed by atoms with Gasteiger partial charge in [-0.05, 0) is 73.5 Å². The Balaban J connectivity index is 1.61. The molecular weight excluding hydrogens is 439 g/mol. The average Bonchev–Trinajstić information content (AvgIpc) is 3.36. The molecule has 35 heavy (non-hydrogen) atoms. The van der Waals surface area contributed by atoms with Crippen molar-refractivity contribution in [1.29, 1.82) is 0 Å². The molecule has 0 heterocycles. The minimum atomic E-state index is -0.357. The van der Waals surface area contributed by atoms with Crippen LogP contribution in [0.5, 0.6) is 11.5 Å². The van der Waals surface area contributed by atoms with Crippen LogP contribution in [0.15, 0.2) is 61.2 Å². The number of allylic oxidation sites excluding steroid dienone is 1. The number of methoxy groups -OCH3 is 1. The maximum atomic E-state index is 15.3. The van der Waals surface area contributed by atoms with Crippen LogP contribution in [-0.2, 0) is 19.4 Å². The van der Waals surface area contributed by atoms with Crippen molar-refractivity contribution in [3.05, 3.63) is 83.7 Å². The molecule has 3 aromatic rings. The molecule has 1 unspecified atom stereocenters. The van der Waals surface area contributed by atoms with E-state index in [-0.39, 0.29) is 17.6 Å². The molecule has 0 amide bonds. The van der Waals surface area contributed by atoms with E-state index in [2.05, 4.69) is 29.3 Å². The Morgan fingerprint density at radius 1 is 1.11 bits per heavy atom. The third-order valence-corrected chi connectivity index (χ3v) is 6.98. The molecule has 0 aliphatic heterocycles. The Labute approximate surface area is 207 Å². The third kappa shape index (κ3) is 5.42. The fourth-order valence-corrected chi connectivity index (χ4v) is 5.03. The number of fused-ring (bicyclic) bond motifs is 1. The largest absolute Gasteiger partial charge is 0.507 e. The Kier molecular flexibility index (Phi) is 8.21. The van der Waals surface area contributed by atoms with Gasteiger partial charge in [-0.15, -0.1) is 6.58 Å². The number of likely N-dealkylation sites (N-methyl/N-ethyl adjacent to an activating group) is 1. The van der Waals surface area contributed by atoms with Crippen LogP contribution in [0.1, 0.15) is 36.0 Å². The van der Waals surface area contributed by atoms with E-state index in [0.29, 0.717) is 35.5 Å². The highest BCUT2D eigenvalue weighted by atomic mass is 19.1. The second kappa shape index (κ2) is 11.5. The van der Waals surface area contributed by atoms with E-state index in [1.165, 1.54) is 17.2 Å². The Hall–Kier alpha value is -3.15. The zero-order valence-electron chi connectivity index (χ0n) is 20.7. The molecule has 0 spiro atoms. The van der Waals surface area contributed by atoms with Gasteiger partial charge < -0.3 is 20.5 Å². The van der Waals surface area contributed by atoms with Gasteiger partial charge in [0.25, 0.3) is 0 Å². The number of para-hydroxylation sites is 1. The molecule has 1 aliphatic carbocycles. The van der Waals surface area contributed by atoms with Gasteiger partial charge in [0.05, 0.1) is 7.11 Å². The molecule has 0 saturated carbocycles. The first-order valence-electron chi connectivity index (χ1n) is 12.4. The SMILES string of the molecule is C=CCCC(CNCc1c(F)cc(-c2cccc(-c3cccc4c3CCC4)c2O)cc1OC)NC. The average molecular weight is 475 g/mol. The molecule has 1 aliphatic rings. The molecule has 4 rings (SSSR count). The summed E-state index contributed by atoms with van der Waals surface area (Å²) in [6.45, 7) is 4.83. The van der Waals surface area contributed by atoms with Gasteiger partial charge in [-0.25, -0.2) is 4.39 Å². The van der Waals surface area contributed by atoms with Crippen LogP contribution < -0.4 is 15.4 Å². The van der Waals surface area contributed by atoms with Gasteiger partial charge in [-0.1, -0.05) is 42.5 Å². The van der Waals surface area contributed by atoms with Crippen LogP contribution in [0.25, 0.3) is 22.3 Å². The summed E-state index contributed by atoms with van der Waals surface area (Å²) in [6.07, 6.45) is 7.02. The van der Waals surface area contributed by atoms with Crippen LogP contribution in [0, 0.1) is 5.82 Å². The molecule has 3 aromatic carbocycles. The molecule has 0 radical (unpaired) electrons. The Morgan fingerprint density at radius 3 is 2.66 bits per heavy atom. The second-order valence-electron chi connectivity index (χ2n) is 9.12. The standard InChI is InChI=1S/C30H35FN2O2/c1-4-5-11-22(32-2)18-33-19-27-28(31)16-21(17-29(27)35-3)24-13-8-15-26(30(24)34)25-14-7-10-20-9-6-12-23(20)25/h4,7-8,10,13-17,22,32-34H,1,5-6,9,11-12,18-19H2,2-3H3. The van der Waals surface area contributed by atoms with Crippen molar-refractivity contribution < 1.29 is 14.2 Å². The van der Waals surface area contributed by atoms with Crippen molar-refractivity contribution in [3.63, 3.8) is 0 Å². The molecule has 0 saturated heterocycles. The number of aromatic hydroxyl groups is 1. The number of rotatable bonds is 11. The van der Waals surface area contributed by atoms with Crippen molar-refractivity contribution in [2.75, 3.05) is 20.7 Å². The number of phenols is 1. The van der Waals surface area contributed by atoms with Crippen LogP contribution >= 0.6 is 0 Å². The minimum Gasteiger partial charge on any atom is -0.507 e. The summed E-state index contributed by atoms with van der Waals surface area (Å²) in [5.74, 6) is 0.272. The molecule has 3 N–H and O–H groups in total. The van der Waals surface area contributed by atoms with Crippen molar-refractivity contribution >= 4 is 0 Å². The fourth-order valence-electron chi connectivity index (χ4n) is 5.03. The maximum Gasteiger partial charge on any atom is 0.132 e. The van der Waals surface area contributed by atoms with Gasteiger partial charge in [0.2, 0.25) is 0 Å². The Morgan fingerprint density at radius 2 is 1.89 bits per heavy atom. The topological polar surface area (TPSA) is 53.5 Å². The van der Waals surface area contributed by atoms with Gasteiger partial charge >= 0.3 is 0 Å². The molecule has 184 valence electrons. The number of nitrogens with one attached hydrogen (secondary N) is 2. The first-order valence-corrected chi connectivity index (χ1v) is 12.4. The van der Waals surface area contributed by atoms with E-state index >= 15 is 4.39 Å². The van der Waals surface area contributed by atoms with Crippen molar-refractivity contribution in [1.82, 2.24) is 10.6 Å². The smallest absolute Gasteiger partial charge is 0.132 e. The molecule has 0 fully saturated rings. The molecular formula is C30H35FN2O2. The lowest BCUT2D eigenvalue weighted by Crippen LogP contribution is -2.36. The van der Waals surface area contributed by atoms with E-state index in [4.69, 9.17) is 4.74 Å². The summed E-state index contributed by atoms with van der Waals surface area (Å²) >= 11 is 0. The quantitative estimate of drug-likeness (QED) is 0.298. The molecule has 0 bridgehead atoms. The van der Waals surface area contributed by atoms with Crippen molar-refractivity contribution in [3.8, 4) is 33.8 Å². The lowest BCUT2D eigenvalue weighted by Gasteiger charge is -2.18. The van der Waals surface area contributed by atoms with E-state index in [0.717, 1.165) is 43.2 Å². The van der Waals surface area contributed by atoms with E-state index in [1.807, 2.05) is 43.5 Å².